The molecule has 0 heterocycles. The lowest BCUT2D eigenvalue weighted by Crippen LogP contribution is -2.48. The molecule has 0 spiro atoms. The number of aliphatic hydroxyl groups excluding tert-OH is 2. The molecular weight excluding hydrogens is 260 g/mol. The first-order valence-electron chi connectivity index (χ1n) is 9.14. The van der Waals surface area contributed by atoms with Crippen molar-refractivity contribution in [3.05, 3.63) is 11.8 Å². The van der Waals surface area contributed by atoms with E-state index in [4.69, 9.17) is 0 Å². The van der Waals surface area contributed by atoms with E-state index in [1.807, 2.05) is 0 Å². The number of rotatable bonds is 1. The predicted molar refractivity (Wildman–Crippen MR) is 83.8 cm³/mol. The second kappa shape index (κ2) is 5.01. The number of hydrogen-bond acceptors (Lipinski definition) is 2. The zero-order valence-corrected chi connectivity index (χ0v) is 13.3. The van der Waals surface area contributed by atoms with Crippen LogP contribution < -0.4 is 0 Å². The van der Waals surface area contributed by atoms with Crippen molar-refractivity contribution in [2.45, 2.75) is 58.3 Å². The van der Waals surface area contributed by atoms with E-state index in [-0.39, 0.29) is 0 Å². The summed E-state index contributed by atoms with van der Waals surface area (Å²) in [4.78, 5) is 0. The van der Waals surface area contributed by atoms with Crippen LogP contribution in [-0.2, 0) is 0 Å². The van der Waals surface area contributed by atoms with Gasteiger partial charge >= 0.3 is 0 Å². The Morgan fingerprint density at radius 3 is 2.71 bits per heavy atom. The molecule has 3 saturated carbocycles. The normalized spacial score (nSPS) is 52.6. The van der Waals surface area contributed by atoms with Crippen molar-refractivity contribution >= 4 is 0 Å². The van der Waals surface area contributed by atoms with Gasteiger partial charge in [0.25, 0.3) is 0 Å². The minimum absolute atomic E-state index is 0.396. The van der Waals surface area contributed by atoms with E-state index < -0.39 is 0 Å². The maximum atomic E-state index is 9.84. The van der Waals surface area contributed by atoms with Gasteiger partial charge in [-0.2, -0.15) is 0 Å². The molecule has 4 unspecified atom stereocenters. The van der Waals surface area contributed by atoms with Crippen molar-refractivity contribution in [3.63, 3.8) is 0 Å². The zero-order chi connectivity index (χ0) is 14.6. The summed E-state index contributed by atoms with van der Waals surface area (Å²) in [6, 6.07) is 0. The molecule has 4 rings (SSSR count). The first-order valence-corrected chi connectivity index (χ1v) is 9.14. The monoisotopic (exact) mass is 290 g/mol. The molecule has 118 valence electrons. The van der Waals surface area contributed by atoms with E-state index in [1.165, 1.54) is 44.9 Å². The van der Waals surface area contributed by atoms with Gasteiger partial charge in [-0.05, 0) is 91.9 Å². The molecular formula is C19H30O2. The molecule has 0 aromatic rings. The topological polar surface area (TPSA) is 40.5 Å². The Labute approximate surface area is 128 Å². The van der Waals surface area contributed by atoms with Gasteiger partial charge in [0.05, 0.1) is 5.76 Å². The fraction of sp³-hybridized carbons (Fsp3) is 0.895. The van der Waals surface area contributed by atoms with Crippen LogP contribution in [0.4, 0.5) is 0 Å². The Kier molecular flexibility index (Phi) is 3.37. The van der Waals surface area contributed by atoms with Crippen LogP contribution in [0.1, 0.15) is 58.3 Å². The molecule has 0 radical (unpaired) electrons. The lowest BCUT2D eigenvalue weighted by Gasteiger charge is -2.55. The standard InChI is InChI=1S/C19H30O2/c1-19-9-8-16-15-6-4-14(21)10-12(15)2-5-17(16)18(19)7-3-13(19)11-20/h10,12-13,15-18,20-21H,2-9,11H2,1H3/t12?,13?,15-,16+,17?,18?,19+/m0/s1. The number of fused-ring (bicyclic) bond motifs is 5. The second-order valence-corrected chi connectivity index (χ2v) is 8.54. The van der Waals surface area contributed by atoms with Crippen LogP contribution in [0.3, 0.4) is 0 Å². The SMILES string of the molecule is C[C@]12CC[C@H]3C(CCC4C=C(O)CC[C@@H]43)C1CCC2CO. The molecule has 2 nitrogen and oxygen atoms in total. The van der Waals surface area contributed by atoms with Gasteiger partial charge in [-0.1, -0.05) is 6.92 Å². The third-order valence-electron chi connectivity index (χ3n) is 7.98. The first kappa shape index (κ1) is 14.1. The van der Waals surface area contributed by atoms with Gasteiger partial charge < -0.3 is 10.2 Å². The molecule has 0 bridgehead atoms. The molecule has 0 aliphatic heterocycles. The molecule has 4 aliphatic rings. The summed E-state index contributed by atoms with van der Waals surface area (Å²) in [6.45, 7) is 2.87. The first-order chi connectivity index (χ1) is 10.1. The molecule has 21 heavy (non-hydrogen) atoms. The fourth-order valence-electron chi connectivity index (χ4n) is 6.87. The summed E-state index contributed by atoms with van der Waals surface area (Å²) in [7, 11) is 0. The summed E-state index contributed by atoms with van der Waals surface area (Å²) in [6.07, 6.45) is 12.2. The van der Waals surface area contributed by atoms with Crippen molar-refractivity contribution < 1.29 is 10.2 Å². The van der Waals surface area contributed by atoms with Crippen molar-refractivity contribution in [1.82, 2.24) is 0 Å². The van der Waals surface area contributed by atoms with E-state index in [0.717, 1.165) is 30.1 Å². The van der Waals surface area contributed by atoms with Crippen molar-refractivity contribution in [2.24, 2.45) is 40.9 Å². The lowest BCUT2D eigenvalue weighted by molar-refractivity contribution is -0.0564. The summed E-state index contributed by atoms with van der Waals surface area (Å²) in [5, 5.41) is 19.6. The van der Waals surface area contributed by atoms with Crippen LogP contribution in [0.25, 0.3) is 0 Å². The van der Waals surface area contributed by atoms with E-state index in [2.05, 4.69) is 13.0 Å². The Balaban J connectivity index is 1.58. The summed E-state index contributed by atoms with van der Waals surface area (Å²) >= 11 is 0. The van der Waals surface area contributed by atoms with Gasteiger partial charge in [0.1, 0.15) is 0 Å². The lowest BCUT2D eigenvalue weighted by atomic mass is 9.50. The molecule has 0 aromatic heterocycles. The average Bonchev–Trinajstić information content (AvgIpc) is 2.83. The maximum absolute atomic E-state index is 9.84. The Hall–Kier alpha value is -0.500. The molecule has 7 atom stereocenters. The highest BCUT2D eigenvalue weighted by molar-refractivity contribution is 5.10. The highest BCUT2D eigenvalue weighted by Crippen LogP contribution is 2.63. The van der Waals surface area contributed by atoms with Crippen LogP contribution >= 0.6 is 0 Å². The van der Waals surface area contributed by atoms with Crippen molar-refractivity contribution in [1.29, 1.82) is 0 Å². The second-order valence-electron chi connectivity index (χ2n) is 8.54. The van der Waals surface area contributed by atoms with Crippen LogP contribution in [0.5, 0.6) is 0 Å². The summed E-state index contributed by atoms with van der Waals surface area (Å²) in [5.74, 6) is 5.33. The van der Waals surface area contributed by atoms with Crippen LogP contribution in [0.2, 0.25) is 0 Å². The minimum atomic E-state index is 0.396. The summed E-state index contributed by atoms with van der Waals surface area (Å²) < 4.78 is 0. The highest BCUT2D eigenvalue weighted by Gasteiger charge is 2.56. The Morgan fingerprint density at radius 2 is 1.90 bits per heavy atom. The molecule has 2 heteroatoms. The van der Waals surface area contributed by atoms with Crippen LogP contribution in [-0.4, -0.2) is 16.8 Å². The Morgan fingerprint density at radius 1 is 1.05 bits per heavy atom. The molecule has 0 amide bonds. The van der Waals surface area contributed by atoms with Gasteiger partial charge in [-0.25, -0.2) is 0 Å². The van der Waals surface area contributed by atoms with E-state index in [9.17, 15) is 10.2 Å². The third kappa shape index (κ3) is 2.01. The predicted octanol–water partition coefficient (Wildman–Crippen LogP) is 4.30. The molecule has 0 aromatic carbocycles. The molecule has 2 N–H and O–H groups in total. The maximum Gasteiger partial charge on any atom is 0.0885 e. The van der Waals surface area contributed by atoms with Crippen molar-refractivity contribution in [2.75, 3.05) is 6.61 Å². The van der Waals surface area contributed by atoms with Gasteiger partial charge in [-0.3, -0.25) is 0 Å². The molecule has 3 fully saturated rings. The number of aliphatic hydroxyl groups is 2. The van der Waals surface area contributed by atoms with Gasteiger partial charge in [0.15, 0.2) is 0 Å². The van der Waals surface area contributed by atoms with E-state index in [0.29, 0.717) is 29.6 Å². The quantitative estimate of drug-likeness (QED) is 0.756. The zero-order valence-electron chi connectivity index (χ0n) is 13.3. The summed E-state index contributed by atoms with van der Waals surface area (Å²) in [5.41, 5.74) is 0.412. The molecule has 4 aliphatic carbocycles. The fourth-order valence-corrected chi connectivity index (χ4v) is 6.87. The third-order valence-corrected chi connectivity index (χ3v) is 7.98. The van der Waals surface area contributed by atoms with Crippen molar-refractivity contribution in [3.8, 4) is 0 Å². The largest absolute Gasteiger partial charge is 0.513 e. The van der Waals surface area contributed by atoms with Gasteiger partial charge in [0, 0.05) is 13.0 Å². The smallest absolute Gasteiger partial charge is 0.0885 e. The van der Waals surface area contributed by atoms with E-state index >= 15 is 0 Å². The minimum Gasteiger partial charge on any atom is -0.513 e. The van der Waals surface area contributed by atoms with Crippen LogP contribution in [0, 0.1) is 40.9 Å². The average molecular weight is 290 g/mol. The van der Waals surface area contributed by atoms with Gasteiger partial charge in [0.2, 0.25) is 0 Å². The van der Waals surface area contributed by atoms with Gasteiger partial charge in [-0.15, -0.1) is 0 Å². The van der Waals surface area contributed by atoms with Crippen LogP contribution in [0.15, 0.2) is 11.8 Å². The number of allylic oxidation sites excluding steroid dienone is 2. The number of hydrogen-bond donors (Lipinski definition) is 2. The Bertz CT molecular complexity index is 443. The molecule has 0 saturated heterocycles. The highest BCUT2D eigenvalue weighted by atomic mass is 16.3. The van der Waals surface area contributed by atoms with E-state index in [1.54, 1.807) is 0 Å².